The van der Waals surface area contributed by atoms with Crippen LogP contribution < -0.4 is 5.32 Å². The van der Waals surface area contributed by atoms with Crippen molar-refractivity contribution in [1.82, 2.24) is 19.7 Å². The maximum Gasteiger partial charge on any atom is 0.274 e. The van der Waals surface area contributed by atoms with Gasteiger partial charge in [-0.3, -0.25) is 9.20 Å². The summed E-state index contributed by atoms with van der Waals surface area (Å²) < 4.78 is 13.1. The molecule has 0 saturated heterocycles. The Balaban J connectivity index is 1.71. The Morgan fingerprint density at radius 2 is 2.03 bits per heavy atom. The van der Waals surface area contributed by atoms with E-state index in [1.165, 1.54) is 0 Å². The molecule has 1 amide bonds. The van der Waals surface area contributed by atoms with Gasteiger partial charge in [0.2, 0.25) is 0 Å². The van der Waals surface area contributed by atoms with E-state index < -0.39 is 0 Å². The summed E-state index contributed by atoms with van der Waals surface area (Å²) in [4.78, 5) is 22.0. The molecule has 1 aliphatic rings. The highest BCUT2D eigenvalue weighted by Crippen LogP contribution is 2.31. The second kappa shape index (κ2) is 9.67. The van der Waals surface area contributed by atoms with Crippen LogP contribution in [0, 0.1) is 18.8 Å². The van der Waals surface area contributed by atoms with Crippen LogP contribution in [0.3, 0.4) is 0 Å². The average molecular weight is 403 g/mol. The highest BCUT2D eigenvalue weighted by atomic mass is 16.5. The molecule has 1 saturated carbocycles. The van der Waals surface area contributed by atoms with E-state index in [4.69, 9.17) is 9.47 Å². The Morgan fingerprint density at radius 3 is 2.69 bits per heavy atom. The molecule has 0 aromatic carbocycles. The van der Waals surface area contributed by atoms with Gasteiger partial charge in [-0.25, -0.2) is 9.97 Å². The minimum Gasteiger partial charge on any atom is -0.378 e. The number of nitrogens with zero attached hydrogens (tertiary/aromatic N) is 3. The normalized spacial score (nSPS) is 24.7. The highest BCUT2D eigenvalue weighted by Gasteiger charge is 2.35. The summed E-state index contributed by atoms with van der Waals surface area (Å²) in [5.41, 5.74) is 2.71. The first-order valence-corrected chi connectivity index (χ1v) is 10.7. The Kier molecular flexibility index (Phi) is 7.24. The predicted molar refractivity (Wildman–Crippen MR) is 112 cm³/mol. The van der Waals surface area contributed by atoms with Crippen LogP contribution in [0.15, 0.2) is 12.4 Å². The topological polar surface area (TPSA) is 77.8 Å². The summed E-state index contributed by atoms with van der Waals surface area (Å²) in [6.07, 6.45) is 6.14. The number of nitrogens with one attached hydrogen (secondary N) is 1. The van der Waals surface area contributed by atoms with Crippen LogP contribution in [0.4, 0.5) is 0 Å². The first kappa shape index (κ1) is 21.7. The number of imidazole rings is 1. The second-order valence-electron chi connectivity index (χ2n) is 8.38. The molecule has 29 heavy (non-hydrogen) atoms. The van der Waals surface area contributed by atoms with Gasteiger partial charge in [0, 0.05) is 25.5 Å². The lowest BCUT2D eigenvalue weighted by Gasteiger charge is -2.39. The molecular weight excluding hydrogens is 368 g/mol. The summed E-state index contributed by atoms with van der Waals surface area (Å²) in [5, 5.41) is 3.23. The number of hydrogen-bond acceptors (Lipinski definition) is 5. The molecule has 1 fully saturated rings. The van der Waals surface area contributed by atoms with Crippen molar-refractivity contribution in [1.29, 1.82) is 0 Å². The van der Waals surface area contributed by atoms with Crippen molar-refractivity contribution in [2.45, 2.75) is 72.1 Å². The molecule has 3 rings (SSSR count). The van der Waals surface area contributed by atoms with Gasteiger partial charge in [-0.05, 0) is 44.1 Å². The molecule has 0 bridgehead atoms. The minimum absolute atomic E-state index is 0.105. The Morgan fingerprint density at radius 1 is 1.31 bits per heavy atom. The number of aryl methyl sites for hydroxylation is 1. The number of carbonyl (C=O) groups excluding carboxylic acids is 1. The number of aromatic nitrogens is 3. The first-order valence-electron chi connectivity index (χ1n) is 10.7. The maximum atomic E-state index is 13.1. The van der Waals surface area contributed by atoms with E-state index in [-0.39, 0.29) is 18.1 Å². The van der Waals surface area contributed by atoms with E-state index in [9.17, 15) is 4.79 Å². The Labute approximate surface area is 173 Å². The fourth-order valence-electron chi connectivity index (χ4n) is 4.38. The van der Waals surface area contributed by atoms with Gasteiger partial charge in [0.1, 0.15) is 6.33 Å². The molecule has 1 N–H and O–H groups in total. The molecule has 2 aromatic rings. The molecule has 2 aromatic heterocycles. The van der Waals surface area contributed by atoms with E-state index >= 15 is 0 Å². The molecule has 0 spiro atoms. The third-order valence-corrected chi connectivity index (χ3v) is 5.90. The zero-order chi connectivity index (χ0) is 21.0. The van der Waals surface area contributed by atoms with Crippen molar-refractivity contribution in [2.24, 2.45) is 11.8 Å². The van der Waals surface area contributed by atoms with Crippen LogP contribution in [-0.4, -0.2) is 46.1 Å². The van der Waals surface area contributed by atoms with Gasteiger partial charge in [-0.15, -0.1) is 0 Å². The lowest BCUT2D eigenvalue weighted by Crippen LogP contribution is -2.49. The molecule has 160 valence electrons. The van der Waals surface area contributed by atoms with Gasteiger partial charge in [-0.1, -0.05) is 27.2 Å². The van der Waals surface area contributed by atoms with Crippen molar-refractivity contribution in [3.05, 3.63) is 29.5 Å². The summed E-state index contributed by atoms with van der Waals surface area (Å²) >= 11 is 0. The van der Waals surface area contributed by atoms with Crippen LogP contribution in [-0.2, 0) is 16.1 Å². The number of ether oxygens (including phenoxy) is 2. The predicted octanol–water partition coefficient (Wildman–Crippen LogP) is 3.53. The average Bonchev–Trinajstić information content (AvgIpc) is 3.10. The van der Waals surface area contributed by atoms with E-state index in [2.05, 4.69) is 36.1 Å². The van der Waals surface area contributed by atoms with Crippen molar-refractivity contribution < 1.29 is 14.3 Å². The fraction of sp³-hybridized carbons (Fsp3) is 0.682. The van der Waals surface area contributed by atoms with Gasteiger partial charge in [0.05, 0.1) is 18.4 Å². The highest BCUT2D eigenvalue weighted by molar-refractivity contribution is 5.98. The molecule has 7 nitrogen and oxygen atoms in total. The number of methoxy groups -OCH3 is 1. The fourth-order valence-corrected chi connectivity index (χ4v) is 4.38. The quantitative estimate of drug-likeness (QED) is 0.684. The lowest BCUT2D eigenvalue weighted by atomic mass is 9.77. The molecular formula is C22H34N4O3. The van der Waals surface area contributed by atoms with Crippen molar-refractivity contribution in [2.75, 3.05) is 13.7 Å². The zero-order valence-corrected chi connectivity index (χ0v) is 18.3. The van der Waals surface area contributed by atoms with E-state index in [1.807, 2.05) is 17.4 Å². The largest absolute Gasteiger partial charge is 0.378 e. The van der Waals surface area contributed by atoms with Crippen molar-refractivity contribution >= 4 is 11.6 Å². The van der Waals surface area contributed by atoms with Gasteiger partial charge in [0.25, 0.3) is 5.91 Å². The number of unbranched alkanes of at least 4 members (excludes halogenated alkanes) is 1. The van der Waals surface area contributed by atoms with E-state index in [0.717, 1.165) is 43.7 Å². The summed E-state index contributed by atoms with van der Waals surface area (Å²) in [6.45, 7) is 9.77. The van der Waals surface area contributed by atoms with E-state index in [1.54, 1.807) is 13.4 Å². The molecule has 4 atom stereocenters. The Hall–Kier alpha value is -1.99. The summed E-state index contributed by atoms with van der Waals surface area (Å²) in [7, 11) is 1.64. The molecule has 0 aliphatic heterocycles. The maximum absolute atomic E-state index is 13.1. The number of hydrogen-bond donors (Lipinski definition) is 1. The Bertz CT molecular complexity index is 823. The van der Waals surface area contributed by atoms with E-state index in [0.29, 0.717) is 29.8 Å². The molecule has 2 unspecified atom stereocenters. The SMILES string of the molecule is CCCCOC1C[C@@H](C)C(NC(=O)c2ncn3c(C)cc(COC)nc23)[C@@H](C)C1. The molecule has 0 radical (unpaired) electrons. The molecule has 1 aliphatic carbocycles. The van der Waals surface area contributed by atoms with Crippen molar-refractivity contribution in [3.8, 4) is 0 Å². The zero-order valence-electron chi connectivity index (χ0n) is 18.3. The smallest absolute Gasteiger partial charge is 0.274 e. The first-order chi connectivity index (χ1) is 13.9. The van der Waals surface area contributed by atoms with Gasteiger partial charge in [0.15, 0.2) is 11.3 Å². The molecule has 2 heterocycles. The second-order valence-corrected chi connectivity index (χ2v) is 8.38. The molecule has 7 heteroatoms. The van der Waals surface area contributed by atoms with Crippen LogP contribution in [0.2, 0.25) is 0 Å². The van der Waals surface area contributed by atoms with Gasteiger partial charge in [-0.2, -0.15) is 0 Å². The van der Waals surface area contributed by atoms with Gasteiger partial charge < -0.3 is 14.8 Å². The number of rotatable bonds is 8. The van der Waals surface area contributed by atoms with Crippen LogP contribution >= 0.6 is 0 Å². The third-order valence-electron chi connectivity index (χ3n) is 5.90. The monoisotopic (exact) mass is 402 g/mol. The summed E-state index contributed by atoms with van der Waals surface area (Å²) in [6, 6.07) is 2.05. The standard InChI is InChI=1S/C22H34N4O3/c1-6-7-8-29-18-9-14(2)19(15(3)10-18)25-22(27)20-21-24-17(12-28-5)11-16(4)26(21)13-23-20/h11,13-15,18-19H,6-10,12H2,1-5H3,(H,25,27)/t14-,15+,18?,19?. The van der Waals surface area contributed by atoms with Crippen LogP contribution in [0.1, 0.15) is 68.3 Å². The lowest BCUT2D eigenvalue weighted by molar-refractivity contribution is -0.0116. The number of carbonyl (C=O) groups is 1. The van der Waals surface area contributed by atoms with Gasteiger partial charge >= 0.3 is 0 Å². The van der Waals surface area contributed by atoms with Crippen LogP contribution in [0.25, 0.3) is 5.65 Å². The number of fused-ring (bicyclic) bond motifs is 1. The van der Waals surface area contributed by atoms with Crippen molar-refractivity contribution in [3.63, 3.8) is 0 Å². The summed E-state index contributed by atoms with van der Waals surface area (Å²) in [5.74, 6) is 0.534. The minimum atomic E-state index is -0.164. The number of amides is 1. The third kappa shape index (κ3) is 4.95. The van der Waals surface area contributed by atoms with Crippen LogP contribution in [0.5, 0.6) is 0 Å².